The van der Waals surface area contributed by atoms with E-state index in [9.17, 15) is 0 Å². The van der Waals surface area contributed by atoms with E-state index in [2.05, 4.69) is 55.6 Å². The van der Waals surface area contributed by atoms with Gasteiger partial charge in [-0.25, -0.2) is 9.98 Å². The van der Waals surface area contributed by atoms with Crippen LogP contribution in [0.5, 0.6) is 0 Å². The van der Waals surface area contributed by atoms with Crippen molar-refractivity contribution in [3.8, 4) is 0 Å². The largest absolute Gasteiger partial charge is 0.357 e. The lowest BCUT2D eigenvalue weighted by Crippen LogP contribution is -2.38. The molecule has 0 spiro atoms. The lowest BCUT2D eigenvalue weighted by Gasteiger charge is -2.11. The second-order valence-corrected chi connectivity index (χ2v) is 6.29. The fourth-order valence-corrected chi connectivity index (χ4v) is 2.59. The molecule has 2 rings (SSSR count). The number of nitrogens with zero attached hydrogens (tertiary/aromatic N) is 2. The Morgan fingerprint density at radius 2 is 2.09 bits per heavy atom. The van der Waals surface area contributed by atoms with Gasteiger partial charge in [0.25, 0.3) is 0 Å². The summed E-state index contributed by atoms with van der Waals surface area (Å²) < 4.78 is 1.07. The summed E-state index contributed by atoms with van der Waals surface area (Å²) >= 11 is 9.27. The number of benzene rings is 1. The van der Waals surface area contributed by atoms with Crippen molar-refractivity contribution < 1.29 is 0 Å². The van der Waals surface area contributed by atoms with Crippen molar-refractivity contribution in [2.45, 2.75) is 19.9 Å². The highest BCUT2D eigenvalue weighted by Gasteiger charge is 1.99. The lowest BCUT2D eigenvalue weighted by molar-refractivity contribution is 0.798. The third-order valence-electron chi connectivity index (χ3n) is 3.15. The second kappa shape index (κ2) is 9.53. The fraction of sp³-hybridized carbons (Fsp3) is 0.294. The molecule has 0 atom stereocenters. The van der Waals surface area contributed by atoms with Crippen molar-refractivity contribution in [2.75, 3.05) is 13.1 Å². The van der Waals surface area contributed by atoms with Crippen LogP contribution in [0, 0.1) is 0 Å². The number of aliphatic imine (C=N–C) groups is 1. The van der Waals surface area contributed by atoms with Crippen LogP contribution in [0.4, 0.5) is 0 Å². The van der Waals surface area contributed by atoms with Gasteiger partial charge in [0.1, 0.15) is 5.15 Å². The molecule has 0 aliphatic rings. The first-order chi connectivity index (χ1) is 11.2. The molecule has 2 N–H and O–H groups in total. The number of aromatic nitrogens is 1. The van der Waals surface area contributed by atoms with Crippen molar-refractivity contribution in [1.82, 2.24) is 15.6 Å². The summed E-state index contributed by atoms with van der Waals surface area (Å²) in [5.41, 5.74) is 2.31. The van der Waals surface area contributed by atoms with Crippen LogP contribution in [0.25, 0.3) is 0 Å². The average molecular weight is 396 g/mol. The molecule has 1 aromatic heterocycles. The quantitative estimate of drug-likeness (QED) is 0.444. The molecule has 0 radical (unpaired) electrons. The first-order valence-electron chi connectivity index (χ1n) is 7.54. The highest BCUT2D eigenvalue weighted by Crippen LogP contribution is 2.12. The smallest absolute Gasteiger partial charge is 0.191 e. The van der Waals surface area contributed by atoms with Crippen LogP contribution in [0.15, 0.2) is 52.1 Å². The number of rotatable bonds is 6. The van der Waals surface area contributed by atoms with Gasteiger partial charge in [-0.1, -0.05) is 45.7 Å². The van der Waals surface area contributed by atoms with E-state index >= 15 is 0 Å². The minimum Gasteiger partial charge on any atom is -0.357 e. The van der Waals surface area contributed by atoms with Crippen molar-refractivity contribution in [3.05, 3.63) is 63.3 Å². The first kappa shape index (κ1) is 17.8. The van der Waals surface area contributed by atoms with Gasteiger partial charge in [-0.2, -0.15) is 0 Å². The Hall–Kier alpha value is -1.59. The Balaban J connectivity index is 1.87. The van der Waals surface area contributed by atoms with Gasteiger partial charge in [0.15, 0.2) is 5.96 Å². The third-order valence-corrected chi connectivity index (χ3v) is 3.86. The zero-order chi connectivity index (χ0) is 16.5. The summed E-state index contributed by atoms with van der Waals surface area (Å²) in [4.78, 5) is 8.69. The number of hydrogen-bond acceptors (Lipinski definition) is 2. The maximum absolute atomic E-state index is 5.79. The summed E-state index contributed by atoms with van der Waals surface area (Å²) in [5, 5.41) is 7.11. The summed E-state index contributed by atoms with van der Waals surface area (Å²) in [5.74, 6) is 0.814. The van der Waals surface area contributed by atoms with Crippen molar-refractivity contribution in [1.29, 1.82) is 0 Å². The molecule has 0 bridgehead atoms. The molecule has 6 heteroatoms. The lowest BCUT2D eigenvalue weighted by atomic mass is 10.2. The Kier molecular flexibility index (Phi) is 7.36. The molecular formula is C17H20BrClN4. The van der Waals surface area contributed by atoms with E-state index in [1.54, 1.807) is 6.20 Å². The molecule has 2 aromatic rings. The van der Waals surface area contributed by atoms with Gasteiger partial charge in [0, 0.05) is 23.8 Å². The predicted octanol–water partition coefficient (Wildman–Crippen LogP) is 3.80. The Bertz CT molecular complexity index is 643. The zero-order valence-corrected chi connectivity index (χ0v) is 15.4. The van der Waals surface area contributed by atoms with Crippen molar-refractivity contribution in [2.24, 2.45) is 4.99 Å². The maximum Gasteiger partial charge on any atom is 0.191 e. The Morgan fingerprint density at radius 3 is 2.78 bits per heavy atom. The van der Waals surface area contributed by atoms with Crippen LogP contribution in [0.3, 0.4) is 0 Å². The van der Waals surface area contributed by atoms with Crippen LogP contribution >= 0.6 is 27.5 Å². The molecule has 23 heavy (non-hydrogen) atoms. The monoisotopic (exact) mass is 394 g/mol. The summed E-state index contributed by atoms with van der Waals surface area (Å²) in [7, 11) is 0. The molecule has 0 saturated heterocycles. The number of hydrogen-bond donors (Lipinski definition) is 2. The topological polar surface area (TPSA) is 49.3 Å². The highest BCUT2D eigenvalue weighted by atomic mass is 79.9. The van der Waals surface area contributed by atoms with Crippen LogP contribution in [0.2, 0.25) is 5.15 Å². The third kappa shape index (κ3) is 6.59. The highest BCUT2D eigenvalue weighted by molar-refractivity contribution is 9.10. The Labute approximate surface area is 150 Å². The zero-order valence-electron chi connectivity index (χ0n) is 13.0. The van der Waals surface area contributed by atoms with Gasteiger partial charge in [-0.3, -0.25) is 0 Å². The molecule has 0 unspecified atom stereocenters. The van der Waals surface area contributed by atoms with Crippen LogP contribution in [-0.2, 0) is 13.0 Å². The normalized spacial score (nSPS) is 11.3. The average Bonchev–Trinajstić information content (AvgIpc) is 2.54. The van der Waals surface area contributed by atoms with E-state index in [-0.39, 0.29) is 0 Å². The summed E-state index contributed by atoms with van der Waals surface area (Å²) in [6.45, 7) is 4.30. The fourth-order valence-electron chi connectivity index (χ4n) is 2.03. The van der Waals surface area contributed by atoms with Gasteiger partial charge in [-0.15, -0.1) is 0 Å². The Morgan fingerprint density at radius 1 is 1.22 bits per heavy atom. The molecule has 4 nitrogen and oxygen atoms in total. The van der Waals surface area contributed by atoms with Gasteiger partial charge in [0.05, 0.1) is 6.54 Å². The summed E-state index contributed by atoms with van der Waals surface area (Å²) in [6.07, 6.45) is 2.67. The number of pyridine rings is 1. The van der Waals surface area contributed by atoms with Crippen LogP contribution < -0.4 is 10.6 Å². The first-order valence-corrected chi connectivity index (χ1v) is 8.71. The van der Waals surface area contributed by atoms with Crippen molar-refractivity contribution in [3.63, 3.8) is 0 Å². The van der Waals surface area contributed by atoms with E-state index in [4.69, 9.17) is 11.6 Å². The molecule has 1 heterocycles. The van der Waals surface area contributed by atoms with E-state index < -0.39 is 0 Å². The molecular weight excluding hydrogens is 376 g/mol. The van der Waals surface area contributed by atoms with Crippen molar-refractivity contribution >= 4 is 33.5 Å². The van der Waals surface area contributed by atoms with E-state index in [0.717, 1.165) is 35.5 Å². The number of nitrogens with one attached hydrogen (secondary N) is 2. The van der Waals surface area contributed by atoms with E-state index in [1.807, 2.05) is 24.3 Å². The molecule has 122 valence electrons. The van der Waals surface area contributed by atoms with E-state index in [0.29, 0.717) is 11.7 Å². The standard InChI is InChI=1S/C17H20BrClN4/c1-2-20-17(23-12-14-4-3-5-15(18)10-14)21-9-8-13-6-7-16(19)22-11-13/h3-7,10-11H,2,8-9,12H2,1H3,(H2,20,21,23). The molecule has 0 amide bonds. The van der Waals surface area contributed by atoms with Gasteiger partial charge in [0.2, 0.25) is 0 Å². The van der Waals surface area contributed by atoms with Crippen LogP contribution in [0.1, 0.15) is 18.1 Å². The maximum atomic E-state index is 5.79. The van der Waals surface area contributed by atoms with Crippen LogP contribution in [-0.4, -0.2) is 24.0 Å². The second-order valence-electron chi connectivity index (χ2n) is 4.99. The van der Waals surface area contributed by atoms with Gasteiger partial charge in [-0.05, 0) is 42.7 Å². The molecule has 0 aliphatic heterocycles. The minimum absolute atomic E-state index is 0.519. The summed E-state index contributed by atoms with van der Waals surface area (Å²) in [6, 6.07) is 12.0. The number of guanidine groups is 1. The molecule has 0 saturated carbocycles. The van der Waals surface area contributed by atoms with Gasteiger partial charge >= 0.3 is 0 Å². The van der Waals surface area contributed by atoms with E-state index in [1.165, 1.54) is 5.56 Å². The molecule has 0 aliphatic carbocycles. The van der Waals surface area contributed by atoms with Gasteiger partial charge < -0.3 is 10.6 Å². The molecule has 1 aromatic carbocycles. The minimum atomic E-state index is 0.519. The SMILES string of the molecule is CCNC(=NCc1cccc(Br)c1)NCCc1ccc(Cl)nc1. The molecule has 0 fully saturated rings. The predicted molar refractivity (Wildman–Crippen MR) is 99.9 cm³/mol. The number of halogens is 2.